The summed E-state index contributed by atoms with van der Waals surface area (Å²) in [5.41, 5.74) is 1.89. The van der Waals surface area contributed by atoms with E-state index in [1.807, 2.05) is 4.90 Å². The highest BCUT2D eigenvalue weighted by Crippen LogP contribution is 2.18. The van der Waals surface area contributed by atoms with Gasteiger partial charge in [0.25, 0.3) is 0 Å². The van der Waals surface area contributed by atoms with Gasteiger partial charge in [-0.25, -0.2) is 17.5 Å². The van der Waals surface area contributed by atoms with Crippen molar-refractivity contribution in [3.8, 4) is 0 Å². The van der Waals surface area contributed by atoms with Crippen LogP contribution < -0.4 is 9.62 Å². The molecule has 1 N–H and O–H groups in total. The minimum absolute atomic E-state index is 0.0908. The molecule has 0 radical (unpaired) electrons. The molecule has 2 aromatic rings. The molecule has 1 saturated heterocycles. The monoisotopic (exact) mass is 419 g/mol. The van der Waals surface area contributed by atoms with Gasteiger partial charge in [0.15, 0.2) is 0 Å². The van der Waals surface area contributed by atoms with Crippen LogP contribution in [0.4, 0.5) is 10.1 Å². The molecule has 1 fully saturated rings. The van der Waals surface area contributed by atoms with Gasteiger partial charge in [0.05, 0.1) is 4.90 Å². The van der Waals surface area contributed by atoms with Crippen LogP contribution in [-0.4, -0.2) is 51.9 Å². The summed E-state index contributed by atoms with van der Waals surface area (Å²) in [7, 11) is -3.46. The molecule has 1 aliphatic heterocycles. The molecule has 0 atom stereocenters. The molecule has 0 bridgehead atoms. The number of nitrogens with zero attached hydrogens (tertiary/aromatic N) is 2. The van der Waals surface area contributed by atoms with E-state index in [-0.39, 0.29) is 16.6 Å². The predicted molar refractivity (Wildman–Crippen MR) is 111 cm³/mol. The van der Waals surface area contributed by atoms with E-state index in [4.69, 9.17) is 0 Å². The third-order valence-electron chi connectivity index (χ3n) is 5.02. The lowest BCUT2D eigenvalue weighted by atomic mass is 10.1. The number of sulfonamides is 1. The van der Waals surface area contributed by atoms with Gasteiger partial charge >= 0.3 is 0 Å². The summed E-state index contributed by atoms with van der Waals surface area (Å²) in [4.78, 5) is 16.7. The maximum absolute atomic E-state index is 13.1. The normalized spacial score (nSPS) is 14.8. The van der Waals surface area contributed by atoms with Crippen LogP contribution in [0.5, 0.6) is 0 Å². The Balaban J connectivity index is 1.48. The molecule has 156 valence electrons. The van der Waals surface area contributed by atoms with Gasteiger partial charge in [-0.2, -0.15) is 0 Å². The summed E-state index contributed by atoms with van der Waals surface area (Å²) in [6.45, 7) is 4.78. The Morgan fingerprint density at radius 3 is 2.21 bits per heavy atom. The first-order valence-electron chi connectivity index (χ1n) is 9.76. The quantitative estimate of drug-likeness (QED) is 0.748. The van der Waals surface area contributed by atoms with Crippen molar-refractivity contribution < 1.29 is 17.6 Å². The molecule has 1 amide bonds. The second-order valence-electron chi connectivity index (χ2n) is 6.99. The zero-order valence-corrected chi connectivity index (χ0v) is 17.3. The molecular formula is C21H26FN3O3S. The molecular weight excluding hydrogens is 393 g/mol. The first-order valence-corrected chi connectivity index (χ1v) is 11.2. The average molecular weight is 420 g/mol. The largest absolute Gasteiger partial charge is 0.368 e. The molecule has 6 nitrogen and oxygen atoms in total. The van der Waals surface area contributed by atoms with E-state index in [2.05, 4.69) is 9.62 Å². The van der Waals surface area contributed by atoms with Crippen LogP contribution in [-0.2, 0) is 21.2 Å². The van der Waals surface area contributed by atoms with Crippen molar-refractivity contribution in [1.29, 1.82) is 0 Å². The van der Waals surface area contributed by atoms with Crippen LogP contribution in [0.15, 0.2) is 53.4 Å². The fourth-order valence-electron chi connectivity index (χ4n) is 3.38. The number of halogens is 1. The summed E-state index contributed by atoms with van der Waals surface area (Å²) < 4.78 is 39.4. The Bertz CT molecular complexity index is 923. The summed E-state index contributed by atoms with van der Waals surface area (Å²) in [5.74, 6) is -0.164. The third kappa shape index (κ3) is 5.55. The zero-order chi connectivity index (χ0) is 20.9. The van der Waals surface area contributed by atoms with Crippen LogP contribution in [0.1, 0.15) is 18.9 Å². The molecule has 1 heterocycles. The lowest BCUT2D eigenvalue weighted by Crippen LogP contribution is -2.48. The number of carbonyl (C=O) groups excluding carboxylic acids is 1. The number of anilines is 1. The Morgan fingerprint density at radius 2 is 1.62 bits per heavy atom. The van der Waals surface area contributed by atoms with Crippen molar-refractivity contribution in [2.24, 2.45) is 0 Å². The highest BCUT2D eigenvalue weighted by atomic mass is 32.2. The number of amides is 1. The van der Waals surface area contributed by atoms with Crippen LogP contribution in [0.25, 0.3) is 0 Å². The van der Waals surface area contributed by atoms with Crippen LogP contribution in [0.2, 0.25) is 0 Å². The summed E-state index contributed by atoms with van der Waals surface area (Å²) >= 11 is 0. The van der Waals surface area contributed by atoms with E-state index in [0.717, 1.165) is 11.3 Å². The third-order valence-corrected chi connectivity index (χ3v) is 6.58. The van der Waals surface area contributed by atoms with E-state index in [0.29, 0.717) is 45.6 Å². The summed E-state index contributed by atoms with van der Waals surface area (Å²) in [6, 6.07) is 13.1. The average Bonchev–Trinajstić information content (AvgIpc) is 2.73. The van der Waals surface area contributed by atoms with Crippen LogP contribution in [0, 0.1) is 5.82 Å². The van der Waals surface area contributed by atoms with Gasteiger partial charge < -0.3 is 9.80 Å². The minimum Gasteiger partial charge on any atom is -0.368 e. The van der Waals surface area contributed by atoms with E-state index in [1.54, 1.807) is 43.3 Å². The number of piperazine rings is 1. The SMILES string of the molecule is CCNS(=O)(=O)c1ccc(CCC(=O)N2CCN(c3ccc(F)cc3)CC2)cc1. The van der Waals surface area contributed by atoms with Crippen molar-refractivity contribution in [3.63, 3.8) is 0 Å². The number of hydrogen-bond acceptors (Lipinski definition) is 4. The number of hydrogen-bond donors (Lipinski definition) is 1. The smallest absolute Gasteiger partial charge is 0.240 e. The fourth-order valence-corrected chi connectivity index (χ4v) is 4.43. The van der Waals surface area contributed by atoms with Crippen LogP contribution >= 0.6 is 0 Å². The van der Waals surface area contributed by atoms with Gasteiger partial charge in [0.2, 0.25) is 15.9 Å². The highest BCUT2D eigenvalue weighted by Gasteiger charge is 2.21. The Labute approximate surface area is 171 Å². The highest BCUT2D eigenvalue weighted by molar-refractivity contribution is 7.89. The topological polar surface area (TPSA) is 69.7 Å². The lowest BCUT2D eigenvalue weighted by Gasteiger charge is -2.36. The molecule has 0 spiro atoms. The maximum Gasteiger partial charge on any atom is 0.240 e. The molecule has 0 aliphatic carbocycles. The second kappa shape index (κ2) is 9.37. The van der Waals surface area contributed by atoms with Gasteiger partial charge in [0, 0.05) is 44.8 Å². The van der Waals surface area contributed by atoms with Gasteiger partial charge in [-0.1, -0.05) is 19.1 Å². The maximum atomic E-state index is 13.1. The van der Waals surface area contributed by atoms with Crippen molar-refractivity contribution in [3.05, 3.63) is 59.9 Å². The van der Waals surface area contributed by atoms with Crippen molar-refractivity contribution >= 4 is 21.6 Å². The van der Waals surface area contributed by atoms with E-state index in [9.17, 15) is 17.6 Å². The molecule has 2 aromatic carbocycles. The number of rotatable bonds is 7. The molecule has 1 aliphatic rings. The Morgan fingerprint density at radius 1 is 1.00 bits per heavy atom. The summed E-state index contributed by atoms with van der Waals surface area (Å²) in [5, 5.41) is 0. The molecule has 8 heteroatoms. The van der Waals surface area contributed by atoms with Gasteiger partial charge in [-0.05, 0) is 48.4 Å². The van der Waals surface area contributed by atoms with Crippen LogP contribution in [0.3, 0.4) is 0 Å². The van der Waals surface area contributed by atoms with Crippen molar-refractivity contribution in [1.82, 2.24) is 9.62 Å². The standard InChI is InChI=1S/C21H26FN3O3S/c1-2-23-29(27,28)20-10-3-17(4-11-20)5-12-21(26)25-15-13-24(14-16-25)19-8-6-18(22)7-9-19/h3-4,6-11,23H,2,5,12-16H2,1H3. The van der Waals surface area contributed by atoms with E-state index in [1.165, 1.54) is 12.1 Å². The number of nitrogens with one attached hydrogen (secondary N) is 1. The molecule has 29 heavy (non-hydrogen) atoms. The Hall–Kier alpha value is -2.45. The minimum atomic E-state index is -3.46. The molecule has 0 saturated carbocycles. The zero-order valence-electron chi connectivity index (χ0n) is 16.5. The second-order valence-corrected chi connectivity index (χ2v) is 8.76. The lowest BCUT2D eigenvalue weighted by molar-refractivity contribution is -0.131. The van der Waals surface area contributed by atoms with Gasteiger partial charge in [0.1, 0.15) is 5.82 Å². The number of aryl methyl sites for hydroxylation is 1. The van der Waals surface area contributed by atoms with Crippen molar-refractivity contribution in [2.45, 2.75) is 24.7 Å². The Kier molecular flexibility index (Phi) is 6.87. The number of benzene rings is 2. The fraction of sp³-hybridized carbons (Fsp3) is 0.381. The van der Waals surface area contributed by atoms with Gasteiger partial charge in [-0.15, -0.1) is 0 Å². The van der Waals surface area contributed by atoms with E-state index < -0.39 is 10.0 Å². The first kappa shape index (κ1) is 21.3. The van der Waals surface area contributed by atoms with Gasteiger partial charge in [-0.3, -0.25) is 4.79 Å². The summed E-state index contributed by atoms with van der Waals surface area (Å²) in [6.07, 6.45) is 0.953. The first-order chi connectivity index (χ1) is 13.9. The number of carbonyl (C=O) groups is 1. The molecule has 0 aromatic heterocycles. The molecule has 0 unspecified atom stereocenters. The van der Waals surface area contributed by atoms with Crippen molar-refractivity contribution in [2.75, 3.05) is 37.6 Å². The molecule has 3 rings (SSSR count). The van der Waals surface area contributed by atoms with E-state index >= 15 is 0 Å². The predicted octanol–water partition coefficient (Wildman–Crippen LogP) is 2.41.